The van der Waals surface area contributed by atoms with Crippen LogP contribution in [0.1, 0.15) is 25.8 Å². The number of rotatable bonds is 6. The van der Waals surface area contributed by atoms with Crippen LogP contribution in [0.3, 0.4) is 0 Å². The minimum Gasteiger partial charge on any atom is -0.505 e. The standard InChI is InChI=1S/C21H25N5O6S2/c1-13(2)9-11-26-21(28)18(19(27)16-6-5-10-25(16)26)20-22-15-8-7-14(24(3)33(4,29)30)12-17(15)34(31,32)23-20/h5-8,10,12-13,27H,9,11H2,1-4H3,(H,22,23). The maximum atomic E-state index is 13.4. The average molecular weight is 508 g/mol. The Morgan fingerprint density at radius 3 is 2.59 bits per heavy atom. The van der Waals surface area contributed by atoms with E-state index in [9.17, 15) is 26.7 Å². The third kappa shape index (κ3) is 4.05. The van der Waals surface area contributed by atoms with Gasteiger partial charge in [0, 0.05) is 19.8 Å². The van der Waals surface area contributed by atoms with Crippen molar-refractivity contribution in [2.45, 2.75) is 31.7 Å². The van der Waals surface area contributed by atoms with Crippen molar-refractivity contribution in [2.24, 2.45) is 10.3 Å². The van der Waals surface area contributed by atoms with E-state index in [0.29, 0.717) is 24.4 Å². The lowest BCUT2D eigenvalue weighted by Gasteiger charge is -2.23. The maximum absolute atomic E-state index is 13.4. The van der Waals surface area contributed by atoms with E-state index in [2.05, 4.69) is 9.71 Å². The molecule has 34 heavy (non-hydrogen) atoms. The molecule has 0 bridgehead atoms. The Hall–Kier alpha value is -3.32. The predicted molar refractivity (Wildman–Crippen MR) is 130 cm³/mol. The molecule has 0 radical (unpaired) electrons. The first-order valence-corrected chi connectivity index (χ1v) is 13.7. The largest absolute Gasteiger partial charge is 0.505 e. The van der Waals surface area contributed by atoms with Gasteiger partial charge in [-0.3, -0.25) is 13.6 Å². The van der Waals surface area contributed by atoms with Crippen LogP contribution in [0.4, 0.5) is 11.4 Å². The summed E-state index contributed by atoms with van der Waals surface area (Å²) in [6, 6.07) is 7.30. The molecule has 0 amide bonds. The van der Waals surface area contributed by atoms with Gasteiger partial charge in [-0.2, -0.15) is 8.42 Å². The second-order valence-corrected chi connectivity index (χ2v) is 12.1. The Morgan fingerprint density at radius 2 is 1.94 bits per heavy atom. The zero-order valence-corrected chi connectivity index (χ0v) is 20.7. The molecule has 0 atom stereocenters. The van der Waals surface area contributed by atoms with Crippen LogP contribution >= 0.6 is 0 Å². The summed E-state index contributed by atoms with van der Waals surface area (Å²) in [5, 5.41) is 13.7. The lowest BCUT2D eigenvalue weighted by molar-refractivity contribution is 0.437. The van der Waals surface area contributed by atoms with E-state index in [1.54, 1.807) is 18.3 Å². The minimum absolute atomic E-state index is 0.110. The topological polar surface area (TPSA) is 143 Å². The summed E-state index contributed by atoms with van der Waals surface area (Å²) in [7, 11) is -6.62. The number of sulfonamides is 2. The molecule has 0 spiro atoms. The van der Waals surface area contributed by atoms with Crippen molar-refractivity contribution in [1.82, 2.24) is 9.20 Å². The van der Waals surface area contributed by atoms with Gasteiger partial charge in [0.15, 0.2) is 11.6 Å². The van der Waals surface area contributed by atoms with Crippen molar-refractivity contribution >= 4 is 42.8 Å². The lowest BCUT2D eigenvalue weighted by atomic mass is 10.1. The quantitative estimate of drug-likeness (QED) is 0.518. The monoisotopic (exact) mass is 507 g/mol. The summed E-state index contributed by atoms with van der Waals surface area (Å²) in [5.74, 6) is -0.387. The molecule has 11 nitrogen and oxygen atoms in total. The van der Waals surface area contributed by atoms with Gasteiger partial charge in [-0.05, 0) is 42.7 Å². The summed E-state index contributed by atoms with van der Waals surface area (Å²) < 4.78 is 57.4. The molecule has 0 unspecified atom stereocenters. The van der Waals surface area contributed by atoms with Gasteiger partial charge in [-0.1, -0.05) is 13.8 Å². The number of amidine groups is 1. The Morgan fingerprint density at radius 1 is 1.24 bits per heavy atom. The maximum Gasteiger partial charge on any atom is 0.286 e. The van der Waals surface area contributed by atoms with Gasteiger partial charge < -0.3 is 10.4 Å². The van der Waals surface area contributed by atoms with Crippen molar-refractivity contribution in [3.8, 4) is 5.75 Å². The van der Waals surface area contributed by atoms with Crippen molar-refractivity contribution in [3.05, 3.63) is 52.4 Å². The van der Waals surface area contributed by atoms with Gasteiger partial charge in [0.1, 0.15) is 16.0 Å². The molecular weight excluding hydrogens is 482 g/mol. The highest BCUT2D eigenvalue weighted by molar-refractivity contribution is 7.92. The SMILES string of the molecule is CC(C)CCn1c(=O)c(C2=NS(=O)(=O)c3cc(N(C)S(C)(=O)=O)ccc3N2)c(O)c2cccn21. The number of hydrogen-bond acceptors (Lipinski definition) is 7. The normalized spacial score (nSPS) is 15.1. The summed E-state index contributed by atoms with van der Waals surface area (Å²) in [5.41, 5.74) is -0.282. The van der Waals surface area contributed by atoms with Gasteiger partial charge in [-0.15, -0.1) is 4.40 Å². The smallest absolute Gasteiger partial charge is 0.286 e. The van der Waals surface area contributed by atoms with E-state index >= 15 is 0 Å². The highest BCUT2D eigenvalue weighted by Gasteiger charge is 2.31. The van der Waals surface area contributed by atoms with Gasteiger partial charge in [-0.25, -0.2) is 13.1 Å². The van der Waals surface area contributed by atoms with E-state index < -0.39 is 31.4 Å². The van der Waals surface area contributed by atoms with E-state index in [0.717, 1.165) is 10.6 Å². The molecule has 1 aromatic carbocycles. The first-order valence-electron chi connectivity index (χ1n) is 10.4. The molecule has 182 valence electrons. The number of nitrogens with zero attached hydrogens (tertiary/aromatic N) is 4. The third-order valence-corrected chi connectivity index (χ3v) is 8.16. The van der Waals surface area contributed by atoms with Gasteiger partial charge in [0.2, 0.25) is 10.0 Å². The Kier molecular flexibility index (Phi) is 5.72. The summed E-state index contributed by atoms with van der Waals surface area (Å²) in [6.07, 6.45) is 3.33. The van der Waals surface area contributed by atoms with Gasteiger partial charge in [0.25, 0.3) is 15.6 Å². The van der Waals surface area contributed by atoms with E-state index in [1.807, 2.05) is 13.8 Å². The van der Waals surface area contributed by atoms with E-state index in [4.69, 9.17) is 0 Å². The predicted octanol–water partition coefficient (Wildman–Crippen LogP) is 1.81. The number of hydrogen-bond donors (Lipinski definition) is 2. The molecule has 1 aliphatic rings. The second-order valence-electron chi connectivity index (χ2n) is 8.52. The zero-order chi connectivity index (χ0) is 25.0. The van der Waals surface area contributed by atoms with Gasteiger partial charge >= 0.3 is 0 Å². The molecule has 3 heterocycles. The molecule has 1 aliphatic heterocycles. The highest BCUT2D eigenvalue weighted by Crippen LogP contribution is 2.34. The number of aromatic hydroxyl groups is 1. The van der Waals surface area contributed by atoms with E-state index in [1.165, 1.54) is 34.4 Å². The van der Waals surface area contributed by atoms with Crippen LogP contribution in [0.5, 0.6) is 5.75 Å². The Balaban J connectivity index is 1.87. The van der Waals surface area contributed by atoms with Crippen molar-refractivity contribution in [3.63, 3.8) is 0 Å². The number of aromatic nitrogens is 2. The Labute approximate surface area is 197 Å². The van der Waals surface area contributed by atoms with Crippen LogP contribution in [0.2, 0.25) is 0 Å². The molecule has 0 aliphatic carbocycles. The van der Waals surface area contributed by atoms with E-state index in [-0.39, 0.29) is 27.7 Å². The van der Waals surface area contributed by atoms with Crippen molar-refractivity contribution in [1.29, 1.82) is 0 Å². The van der Waals surface area contributed by atoms with Crippen molar-refractivity contribution < 1.29 is 21.9 Å². The first kappa shape index (κ1) is 23.8. The first-order chi connectivity index (χ1) is 15.8. The lowest BCUT2D eigenvalue weighted by Crippen LogP contribution is -2.35. The molecule has 13 heteroatoms. The fourth-order valence-corrected chi connectivity index (χ4v) is 5.31. The van der Waals surface area contributed by atoms with Crippen LogP contribution in [0, 0.1) is 5.92 Å². The number of nitrogens with one attached hydrogen (secondary N) is 1. The molecule has 4 rings (SSSR count). The molecule has 2 aromatic heterocycles. The Bertz CT molecular complexity index is 1600. The highest BCUT2D eigenvalue weighted by atomic mass is 32.2. The number of fused-ring (bicyclic) bond motifs is 2. The van der Waals surface area contributed by atoms with Crippen LogP contribution in [0.25, 0.3) is 5.52 Å². The fourth-order valence-electron chi connectivity index (χ4n) is 3.67. The van der Waals surface area contributed by atoms with Gasteiger partial charge in [0.05, 0.1) is 17.6 Å². The molecule has 2 N–H and O–H groups in total. The zero-order valence-electron chi connectivity index (χ0n) is 19.0. The summed E-state index contributed by atoms with van der Waals surface area (Å²) in [6.45, 7) is 4.39. The van der Waals surface area contributed by atoms with Crippen LogP contribution in [-0.2, 0) is 26.6 Å². The third-order valence-electron chi connectivity index (χ3n) is 5.64. The van der Waals surface area contributed by atoms with Crippen molar-refractivity contribution in [2.75, 3.05) is 22.9 Å². The number of aryl methyl sites for hydroxylation is 1. The van der Waals surface area contributed by atoms with Crippen LogP contribution in [0.15, 0.2) is 50.6 Å². The number of anilines is 2. The summed E-state index contributed by atoms with van der Waals surface area (Å²) >= 11 is 0. The van der Waals surface area contributed by atoms with Crippen LogP contribution in [-0.4, -0.2) is 50.3 Å². The molecule has 0 saturated carbocycles. The fraction of sp³-hybridized carbons (Fsp3) is 0.333. The van der Waals surface area contributed by atoms with Crippen LogP contribution < -0.4 is 15.2 Å². The molecule has 0 saturated heterocycles. The second kappa shape index (κ2) is 8.17. The molecule has 0 fully saturated rings. The number of benzene rings is 1. The average Bonchev–Trinajstić information content (AvgIpc) is 3.22. The molecular formula is C21H25N5O6S2. The molecule has 3 aromatic rings. The summed E-state index contributed by atoms with van der Waals surface area (Å²) in [4.78, 5) is 13.1. The minimum atomic E-state index is -4.31.